The molecular weight excluding hydrogens is 500 g/mol. The van der Waals surface area contributed by atoms with Gasteiger partial charge in [0, 0.05) is 5.41 Å². The van der Waals surface area contributed by atoms with E-state index in [1.54, 1.807) is 12.1 Å². The summed E-state index contributed by atoms with van der Waals surface area (Å²) in [6.07, 6.45) is 8.44. The van der Waals surface area contributed by atoms with E-state index < -0.39 is 11.7 Å². The molecule has 6 rings (SSSR count). The van der Waals surface area contributed by atoms with Gasteiger partial charge in [0.2, 0.25) is 0 Å². The number of carbonyl (C=O) groups is 2. The fourth-order valence-electron chi connectivity index (χ4n) is 9.74. The number of aliphatic hydroxyl groups is 1. The van der Waals surface area contributed by atoms with Crippen LogP contribution >= 0.6 is 0 Å². The first-order valence-corrected chi connectivity index (χ1v) is 15.4. The van der Waals surface area contributed by atoms with Gasteiger partial charge in [-0.3, -0.25) is 0 Å². The monoisotopic (exact) mass is 544 g/mol. The van der Waals surface area contributed by atoms with Crippen LogP contribution in [0.2, 0.25) is 0 Å². The van der Waals surface area contributed by atoms with Gasteiger partial charge < -0.3 is 14.6 Å². The summed E-state index contributed by atoms with van der Waals surface area (Å²) in [5.41, 5.74) is 0.109. The molecular formula is C35H44O5. The highest BCUT2D eigenvalue weighted by molar-refractivity contribution is 5.89. The maximum atomic E-state index is 12.9. The van der Waals surface area contributed by atoms with Crippen LogP contribution in [0, 0.1) is 34.5 Å². The number of carbonyl (C=O) groups excluding carboxylic acids is 2. The summed E-state index contributed by atoms with van der Waals surface area (Å²) in [5, 5.41) is 12.2. The molecule has 4 saturated carbocycles. The van der Waals surface area contributed by atoms with Crippen molar-refractivity contribution in [1.82, 2.24) is 0 Å². The molecule has 5 heteroatoms. The minimum atomic E-state index is -1.02. The lowest BCUT2D eigenvalue weighted by atomic mass is 9.44. The lowest BCUT2D eigenvalue weighted by molar-refractivity contribution is -0.187. The Labute approximate surface area is 238 Å². The smallest absolute Gasteiger partial charge is 0.338 e. The Balaban J connectivity index is 1.14. The van der Waals surface area contributed by atoms with Crippen molar-refractivity contribution in [3.05, 3.63) is 71.8 Å². The molecule has 2 aromatic rings. The lowest BCUT2D eigenvalue weighted by Gasteiger charge is -2.62. The van der Waals surface area contributed by atoms with E-state index in [1.165, 1.54) is 6.42 Å². The van der Waals surface area contributed by atoms with Crippen LogP contribution in [-0.2, 0) is 9.47 Å². The highest BCUT2D eigenvalue weighted by atomic mass is 16.6. The van der Waals surface area contributed by atoms with Crippen molar-refractivity contribution in [3.8, 4) is 0 Å². The predicted molar refractivity (Wildman–Crippen MR) is 154 cm³/mol. The van der Waals surface area contributed by atoms with E-state index in [4.69, 9.17) is 9.47 Å². The molecule has 0 spiro atoms. The molecule has 0 radical (unpaired) electrons. The van der Waals surface area contributed by atoms with Gasteiger partial charge in [0.05, 0.1) is 11.1 Å². The average molecular weight is 545 g/mol. The molecule has 1 N–H and O–H groups in total. The van der Waals surface area contributed by atoms with E-state index in [0.717, 1.165) is 44.9 Å². The maximum Gasteiger partial charge on any atom is 0.338 e. The largest absolute Gasteiger partial charge is 0.459 e. The Bertz CT molecular complexity index is 1230. The molecule has 0 bridgehead atoms. The highest BCUT2D eigenvalue weighted by Crippen LogP contribution is 2.69. The van der Waals surface area contributed by atoms with E-state index in [-0.39, 0.29) is 28.9 Å². The van der Waals surface area contributed by atoms with Crippen LogP contribution in [0.4, 0.5) is 0 Å². The molecule has 40 heavy (non-hydrogen) atoms. The van der Waals surface area contributed by atoms with E-state index >= 15 is 0 Å². The highest BCUT2D eigenvalue weighted by Gasteiger charge is 2.66. The Morgan fingerprint density at radius 2 is 1.43 bits per heavy atom. The van der Waals surface area contributed by atoms with Crippen LogP contribution < -0.4 is 0 Å². The zero-order valence-corrected chi connectivity index (χ0v) is 24.2. The van der Waals surface area contributed by atoms with Crippen LogP contribution in [0.15, 0.2) is 60.7 Å². The second-order valence-electron chi connectivity index (χ2n) is 13.7. The van der Waals surface area contributed by atoms with Crippen LogP contribution in [0.5, 0.6) is 0 Å². The van der Waals surface area contributed by atoms with Crippen molar-refractivity contribution in [2.24, 2.45) is 34.5 Å². The summed E-state index contributed by atoms with van der Waals surface area (Å²) in [6.45, 7) is 6.65. The molecule has 9 atom stereocenters. The third-order valence-electron chi connectivity index (χ3n) is 12.1. The van der Waals surface area contributed by atoms with Crippen LogP contribution in [0.3, 0.4) is 0 Å². The SMILES string of the molecule is CC(OC(=O)c1ccccc1)C1(O)CCC2C3CC[C@H]4CC(OC(=O)c5ccccc5)CCC4(C)C3CCC21C. The molecule has 0 aromatic heterocycles. The van der Waals surface area contributed by atoms with Gasteiger partial charge in [-0.15, -0.1) is 0 Å². The topological polar surface area (TPSA) is 72.8 Å². The average Bonchev–Trinajstić information content (AvgIpc) is 3.25. The summed E-state index contributed by atoms with van der Waals surface area (Å²) < 4.78 is 11.9. The second-order valence-corrected chi connectivity index (χ2v) is 13.7. The van der Waals surface area contributed by atoms with E-state index in [9.17, 15) is 14.7 Å². The molecule has 214 valence electrons. The molecule has 4 fully saturated rings. The van der Waals surface area contributed by atoms with Gasteiger partial charge in [0.15, 0.2) is 0 Å². The Morgan fingerprint density at radius 1 is 0.800 bits per heavy atom. The number of hydrogen-bond donors (Lipinski definition) is 1. The van der Waals surface area contributed by atoms with Crippen molar-refractivity contribution < 1.29 is 24.2 Å². The number of ether oxygens (including phenoxy) is 2. The first-order chi connectivity index (χ1) is 19.2. The van der Waals surface area contributed by atoms with Crippen molar-refractivity contribution in [2.45, 2.75) is 96.4 Å². The van der Waals surface area contributed by atoms with Gasteiger partial charge in [0.1, 0.15) is 17.8 Å². The maximum absolute atomic E-state index is 12.9. The summed E-state index contributed by atoms with van der Waals surface area (Å²) >= 11 is 0. The van der Waals surface area contributed by atoms with Gasteiger partial charge in [-0.1, -0.05) is 50.2 Å². The molecule has 8 unspecified atom stereocenters. The number of esters is 2. The quantitative estimate of drug-likeness (QED) is 0.402. The van der Waals surface area contributed by atoms with Gasteiger partial charge in [-0.05, 0) is 118 Å². The van der Waals surface area contributed by atoms with E-state index in [0.29, 0.717) is 41.2 Å². The summed E-state index contributed by atoms with van der Waals surface area (Å²) in [7, 11) is 0. The van der Waals surface area contributed by atoms with Gasteiger partial charge in [-0.2, -0.15) is 0 Å². The second kappa shape index (κ2) is 10.3. The van der Waals surface area contributed by atoms with Gasteiger partial charge >= 0.3 is 11.9 Å². The predicted octanol–water partition coefficient (Wildman–Crippen LogP) is 7.23. The fourth-order valence-corrected chi connectivity index (χ4v) is 9.74. The minimum absolute atomic E-state index is 0.00657. The number of fused-ring (bicyclic) bond motifs is 5. The van der Waals surface area contributed by atoms with Crippen molar-refractivity contribution in [1.29, 1.82) is 0 Å². The van der Waals surface area contributed by atoms with E-state index in [1.807, 2.05) is 55.5 Å². The molecule has 0 amide bonds. The molecule has 0 aliphatic heterocycles. The first-order valence-electron chi connectivity index (χ1n) is 15.4. The third-order valence-corrected chi connectivity index (χ3v) is 12.1. The number of hydrogen-bond acceptors (Lipinski definition) is 5. The standard InChI is InChI=1S/C35H44O5/c1-23(39-31(36)24-10-6-4-7-11-24)35(38)21-18-30-28-15-14-26-22-27(40-32(37)25-12-8-5-9-13-25)16-19-33(26,2)29(28)17-20-34(30,35)3/h4-13,23,26-30,38H,14-22H2,1-3H3/t23?,26-,27?,28?,29?,30?,33?,34?,35?/m0/s1. The summed E-state index contributed by atoms with van der Waals surface area (Å²) in [4.78, 5) is 25.6. The first kappa shape index (κ1) is 27.5. The van der Waals surface area contributed by atoms with Gasteiger partial charge in [0.25, 0.3) is 0 Å². The molecule has 0 heterocycles. The molecule has 0 saturated heterocycles. The number of rotatable bonds is 5. The normalized spacial score (nSPS) is 39.2. The van der Waals surface area contributed by atoms with Crippen LogP contribution in [0.1, 0.15) is 99.3 Å². The third kappa shape index (κ3) is 4.40. The molecule has 5 nitrogen and oxygen atoms in total. The molecule has 4 aliphatic carbocycles. The number of benzene rings is 2. The van der Waals surface area contributed by atoms with Gasteiger partial charge in [-0.25, -0.2) is 9.59 Å². The zero-order valence-electron chi connectivity index (χ0n) is 24.2. The Hall–Kier alpha value is -2.66. The summed E-state index contributed by atoms with van der Waals surface area (Å²) in [5.74, 6) is 1.63. The molecule has 2 aromatic carbocycles. The summed E-state index contributed by atoms with van der Waals surface area (Å²) in [6, 6.07) is 18.4. The minimum Gasteiger partial charge on any atom is -0.459 e. The van der Waals surface area contributed by atoms with Crippen molar-refractivity contribution in [3.63, 3.8) is 0 Å². The van der Waals surface area contributed by atoms with Crippen LogP contribution in [-0.4, -0.2) is 34.9 Å². The lowest BCUT2D eigenvalue weighted by Crippen LogP contribution is -2.60. The van der Waals surface area contributed by atoms with Crippen LogP contribution in [0.25, 0.3) is 0 Å². The van der Waals surface area contributed by atoms with Crippen molar-refractivity contribution in [2.75, 3.05) is 0 Å². The Morgan fingerprint density at radius 3 is 2.10 bits per heavy atom. The Kier molecular flexibility index (Phi) is 7.09. The van der Waals surface area contributed by atoms with Crippen molar-refractivity contribution >= 4 is 11.9 Å². The zero-order chi connectivity index (χ0) is 28.1. The fraction of sp³-hybridized carbons (Fsp3) is 0.600. The molecule has 4 aliphatic rings. The van der Waals surface area contributed by atoms with E-state index in [2.05, 4.69) is 13.8 Å².